The van der Waals surface area contributed by atoms with Gasteiger partial charge >= 0.3 is 10.4 Å². The molecule has 6 nitrogen and oxygen atoms in total. The van der Waals surface area contributed by atoms with Gasteiger partial charge in [-0.15, -0.1) is 0 Å². The van der Waals surface area contributed by atoms with E-state index in [0.717, 1.165) is 0 Å². The summed E-state index contributed by atoms with van der Waals surface area (Å²) >= 11 is 0. The number of hydrogen-bond donors (Lipinski definition) is 1. The van der Waals surface area contributed by atoms with Gasteiger partial charge in [0.25, 0.3) is 5.91 Å². The van der Waals surface area contributed by atoms with Crippen molar-refractivity contribution in [3.05, 3.63) is 12.3 Å². The Balaban J connectivity index is 4.18. The molecule has 0 saturated heterocycles. The Morgan fingerprint density at radius 3 is 2.46 bits per heavy atom. The summed E-state index contributed by atoms with van der Waals surface area (Å²) in [7, 11) is -4.19. The zero-order valence-electron chi connectivity index (χ0n) is 7.15. The monoisotopic (exact) mass is 209 g/mol. The molecule has 0 unspecified atom stereocenters. The maximum absolute atomic E-state index is 10.8. The van der Waals surface area contributed by atoms with E-state index in [1.165, 1.54) is 0 Å². The number of nitrogens with two attached hydrogens (primary N) is 1. The van der Waals surface area contributed by atoms with Crippen LogP contribution in [0, 0.1) is 0 Å². The minimum atomic E-state index is -4.19. The third kappa shape index (κ3) is 5.21. The van der Waals surface area contributed by atoms with Crippen LogP contribution in [-0.4, -0.2) is 20.9 Å². The van der Waals surface area contributed by atoms with E-state index in [1.807, 2.05) is 0 Å². The van der Waals surface area contributed by atoms with E-state index in [1.54, 1.807) is 6.92 Å². The maximum Gasteiger partial charge on any atom is 0.449 e. The summed E-state index contributed by atoms with van der Waals surface area (Å²) in [6.45, 7) is 4.69. The third-order valence-corrected chi connectivity index (χ3v) is 1.77. The fourth-order valence-electron chi connectivity index (χ4n) is 0.374. The molecule has 0 aliphatic carbocycles. The lowest BCUT2D eigenvalue weighted by molar-refractivity contribution is -0.116. The molecule has 0 aromatic heterocycles. The average Bonchev–Trinajstić information content (AvgIpc) is 2.00. The second kappa shape index (κ2) is 4.83. The molecule has 1 amide bonds. The molecular formula is C6H11NO5S. The predicted octanol–water partition coefficient (Wildman–Crippen LogP) is -0.327. The van der Waals surface area contributed by atoms with Crippen LogP contribution < -0.4 is 5.73 Å². The van der Waals surface area contributed by atoms with Gasteiger partial charge in [0, 0.05) is 0 Å². The summed E-state index contributed by atoms with van der Waals surface area (Å²) in [6, 6.07) is 0. The number of primary amides is 1. The Morgan fingerprint density at radius 2 is 2.08 bits per heavy atom. The molecule has 0 aliphatic heterocycles. The number of hydrogen-bond acceptors (Lipinski definition) is 5. The summed E-state index contributed by atoms with van der Waals surface area (Å²) in [5, 5.41) is 0. The van der Waals surface area contributed by atoms with E-state index in [9.17, 15) is 13.2 Å². The molecule has 0 rings (SSSR count). The Bertz CT molecular complexity index is 294. The molecule has 0 fully saturated rings. The molecule has 0 spiro atoms. The van der Waals surface area contributed by atoms with E-state index >= 15 is 0 Å². The largest absolute Gasteiger partial charge is 0.449 e. The molecule has 0 heterocycles. The van der Waals surface area contributed by atoms with Gasteiger partial charge < -0.3 is 9.92 Å². The molecule has 7 heteroatoms. The first-order chi connectivity index (χ1) is 5.89. The van der Waals surface area contributed by atoms with E-state index < -0.39 is 22.1 Å². The van der Waals surface area contributed by atoms with Crippen LogP contribution >= 0.6 is 0 Å². The fraction of sp³-hybridized carbons (Fsp3) is 0.500. The molecule has 13 heavy (non-hydrogen) atoms. The lowest BCUT2D eigenvalue weighted by Crippen LogP contribution is -2.19. The van der Waals surface area contributed by atoms with Gasteiger partial charge in [-0.1, -0.05) is 6.92 Å². The molecule has 0 bridgehead atoms. The molecule has 76 valence electrons. The number of amides is 1. The van der Waals surface area contributed by atoms with Gasteiger partial charge in [0.05, 0.1) is 6.61 Å². The SMILES string of the molecule is C=C(OS(=O)(=O)OCCC)C(N)=O. The van der Waals surface area contributed by atoms with E-state index in [2.05, 4.69) is 20.7 Å². The normalized spacial score (nSPS) is 10.8. The molecule has 0 aromatic rings. The van der Waals surface area contributed by atoms with Gasteiger partial charge in [-0.2, -0.15) is 8.42 Å². The molecule has 0 atom stereocenters. The average molecular weight is 209 g/mol. The Labute approximate surface area is 76.6 Å². The maximum atomic E-state index is 10.8. The molecule has 0 saturated carbocycles. The van der Waals surface area contributed by atoms with Gasteiger partial charge in [0.15, 0.2) is 0 Å². The smallest absolute Gasteiger partial charge is 0.363 e. The van der Waals surface area contributed by atoms with Crippen molar-refractivity contribution in [1.82, 2.24) is 0 Å². The highest BCUT2D eigenvalue weighted by molar-refractivity contribution is 7.82. The second-order valence-corrected chi connectivity index (χ2v) is 3.32. The van der Waals surface area contributed by atoms with Crippen LogP contribution in [-0.2, 0) is 23.6 Å². The highest BCUT2D eigenvalue weighted by Crippen LogP contribution is 2.03. The van der Waals surface area contributed by atoms with Crippen molar-refractivity contribution in [2.45, 2.75) is 13.3 Å². The first-order valence-corrected chi connectivity index (χ1v) is 4.80. The highest BCUT2D eigenvalue weighted by Gasteiger charge is 2.16. The molecule has 0 aromatic carbocycles. The lowest BCUT2D eigenvalue weighted by Gasteiger charge is -2.05. The van der Waals surface area contributed by atoms with Gasteiger partial charge in [-0.05, 0) is 13.0 Å². The number of rotatable bonds is 6. The van der Waals surface area contributed by atoms with Crippen molar-refractivity contribution in [3.8, 4) is 0 Å². The van der Waals surface area contributed by atoms with Gasteiger partial charge in [-0.25, -0.2) is 4.18 Å². The summed E-state index contributed by atoms with van der Waals surface area (Å²) in [6.07, 6.45) is 0.506. The minimum Gasteiger partial charge on any atom is -0.363 e. The summed E-state index contributed by atoms with van der Waals surface area (Å²) in [4.78, 5) is 10.3. The van der Waals surface area contributed by atoms with Crippen molar-refractivity contribution in [1.29, 1.82) is 0 Å². The van der Waals surface area contributed by atoms with Gasteiger partial charge in [-0.3, -0.25) is 4.79 Å². The molecular weight excluding hydrogens is 198 g/mol. The van der Waals surface area contributed by atoms with E-state index in [-0.39, 0.29) is 6.61 Å². The third-order valence-electron chi connectivity index (χ3n) is 0.909. The Morgan fingerprint density at radius 1 is 1.54 bits per heavy atom. The van der Waals surface area contributed by atoms with Crippen molar-refractivity contribution in [3.63, 3.8) is 0 Å². The Kier molecular flexibility index (Phi) is 4.43. The summed E-state index contributed by atoms with van der Waals surface area (Å²) in [5.41, 5.74) is 4.69. The number of carbonyl (C=O) groups excluding carboxylic acids is 1. The fourth-order valence-corrected chi connectivity index (χ4v) is 1.12. The first kappa shape index (κ1) is 11.9. The van der Waals surface area contributed by atoms with Crippen LogP contribution in [0.25, 0.3) is 0 Å². The van der Waals surface area contributed by atoms with Crippen LogP contribution in [0.5, 0.6) is 0 Å². The standard InChI is InChI=1S/C6H11NO5S/c1-3-4-11-13(9,10)12-5(2)6(7)8/h2-4H2,1H3,(H2,7,8). The van der Waals surface area contributed by atoms with Crippen molar-refractivity contribution in [2.75, 3.05) is 6.61 Å². The summed E-state index contributed by atoms with van der Waals surface area (Å²) < 4.78 is 29.9. The van der Waals surface area contributed by atoms with Crippen LogP contribution in [0.4, 0.5) is 0 Å². The first-order valence-electron chi connectivity index (χ1n) is 3.46. The van der Waals surface area contributed by atoms with Gasteiger partial charge in [0.1, 0.15) is 0 Å². The minimum absolute atomic E-state index is 0.0195. The van der Waals surface area contributed by atoms with Crippen LogP contribution in [0.1, 0.15) is 13.3 Å². The zero-order valence-corrected chi connectivity index (χ0v) is 7.96. The molecule has 0 aliphatic rings. The Hall–Kier alpha value is -1.08. The van der Waals surface area contributed by atoms with Crippen LogP contribution in [0.15, 0.2) is 12.3 Å². The topological polar surface area (TPSA) is 95.7 Å². The van der Waals surface area contributed by atoms with Gasteiger partial charge in [0.2, 0.25) is 5.76 Å². The van der Waals surface area contributed by atoms with Crippen LogP contribution in [0.3, 0.4) is 0 Å². The van der Waals surface area contributed by atoms with Crippen molar-refractivity contribution < 1.29 is 21.6 Å². The van der Waals surface area contributed by atoms with E-state index in [4.69, 9.17) is 0 Å². The number of carbonyl (C=O) groups is 1. The predicted molar refractivity (Wildman–Crippen MR) is 44.6 cm³/mol. The van der Waals surface area contributed by atoms with E-state index in [0.29, 0.717) is 6.42 Å². The second-order valence-electron chi connectivity index (χ2n) is 2.10. The molecule has 2 N–H and O–H groups in total. The van der Waals surface area contributed by atoms with Crippen LogP contribution in [0.2, 0.25) is 0 Å². The highest BCUT2D eigenvalue weighted by atomic mass is 32.3. The zero-order chi connectivity index (χ0) is 10.5. The van der Waals surface area contributed by atoms with Crippen molar-refractivity contribution >= 4 is 16.3 Å². The van der Waals surface area contributed by atoms with Crippen molar-refractivity contribution in [2.24, 2.45) is 5.73 Å². The molecule has 0 radical (unpaired) electrons. The quantitative estimate of drug-likeness (QED) is 0.477. The summed E-state index contributed by atoms with van der Waals surface area (Å²) in [5.74, 6) is -1.72. The lowest BCUT2D eigenvalue weighted by atomic mass is 10.5.